The van der Waals surface area contributed by atoms with Crippen LogP contribution >= 0.6 is 23.4 Å². The van der Waals surface area contributed by atoms with Gasteiger partial charge < -0.3 is 19.5 Å². The Morgan fingerprint density at radius 1 is 1.33 bits per heavy atom. The van der Waals surface area contributed by atoms with Crippen molar-refractivity contribution in [3.05, 3.63) is 23.0 Å². The third-order valence-corrected chi connectivity index (χ3v) is 7.59. The first kappa shape index (κ1) is 22.1. The molecule has 3 atom stereocenters. The van der Waals surface area contributed by atoms with Gasteiger partial charge in [-0.3, -0.25) is 4.79 Å². The number of nitrogens with zero attached hydrogens (tertiary/aromatic N) is 6. The van der Waals surface area contributed by atoms with E-state index in [4.69, 9.17) is 16.6 Å². The minimum atomic E-state index is -0.949. The first-order valence-electron chi connectivity index (χ1n) is 10.5. The molecule has 2 aliphatic heterocycles. The third-order valence-electron chi connectivity index (χ3n) is 6.66. The highest BCUT2D eigenvalue weighted by Gasteiger charge is 2.55. The Morgan fingerprint density at radius 2 is 2.09 bits per heavy atom. The summed E-state index contributed by atoms with van der Waals surface area (Å²) in [6.45, 7) is 0.442. The van der Waals surface area contributed by atoms with E-state index in [0.717, 1.165) is 6.42 Å². The van der Waals surface area contributed by atoms with Crippen molar-refractivity contribution < 1.29 is 19.1 Å². The van der Waals surface area contributed by atoms with E-state index >= 15 is 0 Å². The van der Waals surface area contributed by atoms with Crippen LogP contribution in [-0.4, -0.2) is 79.4 Å². The molecule has 6 rings (SSSR count). The van der Waals surface area contributed by atoms with Gasteiger partial charge >= 0.3 is 6.09 Å². The highest BCUT2D eigenvalue weighted by atomic mass is 35.5. The Bertz CT molecular complexity index is 1310. The Morgan fingerprint density at radius 3 is 2.73 bits per heavy atom. The molecule has 0 spiro atoms. The number of amides is 2. The molecule has 1 aliphatic carbocycles. The summed E-state index contributed by atoms with van der Waals surface area (Å²) in [4.78, 5) is 40.4. The number of aryl methyl sites for hydroxylation is 1. The summed E-state index contributed by atoms with van der Waals surface area (Å²) in [5.41, 5.74) is 1.36. The fourth-order valence-electron chi connectivity index (χ4n) is 5.05. The van der Waals surface area contributed by atoms with Crippen molar-refractivity contribution >= 4 is 57.3 Å². The van der Waals surface area contributed by atoms with E-state index in [1.54, 1.807) is 14.1 Å². The number of carbonyl (C=O) groups is 2. The molecule has 3 unspecified atom stereocenters. The lowest BCUT2D eigenvalue weighted by Gasteiger charge is -2.38. The molecule has 174 valence electrons. The predicted molar refractivity (Wildman–Crippen MR) is 122 cm³/mol. The van der Waals surface area contributed by atoms with E-state index in [0.29, 0.717) is 40.2 Å². The van der Waals surface area contributed by atoms with Crippen LogP contribution in [0.5, 0.6) is 0 Å². The number of aromatic nitrogens is 4. The quantitative estimate of drug-likeness (QED) is 0.429. The molecule has 33 heavy (non-hydrogen) atoms. The van der Waals surface area contributed by atoms with Crippen molar-refractivity contribution in [3.63, 3.8) is 0 Å². The molecule has 0 radical (unpaired) electrons. The van der Waals surface area contributed by atoms with Crippen molar-refractivity contribution in [2.75, 3.05) is 26.9 Å². The summed E-state index contributed by atoms with van der Waals surface area (Å²) in [5.74, 6) is 0.0436. The van der Waals surface area contributed by atoms with Gasteiger partial charge in [-0.05, 0) is 12.7 Å². The van der Waals surface area contributed by atoms with E-state index in [9.17, 15) is 19.1 Å². The van der Waals surface area contributed by atoms with Gasteiger partial charge in [-0.25, -0.2) is 24.1 Å². The van der Waals surface area contributed by atoms with Crippen LogP contribution < -0.4 is 0 Å². The molecule has 3 fully saturated rings. The van der Waals surface area contributed by atoms with Crippen molar-refractivity contribution in [3.8, 4) is 0 Å². The van der Waals surface area contributed by atoms with Crippen LogP contribution in [0.4, 0.5) is 9.18 Å². The van der Waals surface area contributed by atoms with E-state index in [1.807, 2.05) is 10.8 Å². The molecule has 3 aliphatic rings. The molecule has 0 aromatic carbocycles. The number of carbonyl (C=O) groups excluding carboxylic acids is 1. The number of hydrogen-bond acceptors (Lipinski definition) is 6. The molecule has 12 heteroatoms. The van der Waals surface area contributed by atoms with E-state index in [2.05, 4.69) is 9.97 Å². The zero-order valence-electron chi connectivity index (χ0n) is 18.2. The molecular weight excluding hydrogens is 471 g/mol. The molecule has 1 N–H and O–H groups in total. The molecule has 3 aromatic rings. The summed E-state index contributed by atoms with van der Waals surface area (Å²) < 4.78 is 16.9. The number of pyridine rings is 2. The van der Waals surface area contributed by atoms with Gasteiger partial charge in [-0.2, -0.15) is 0 Å². The maximum atomic E-state index is 14.9. The Balaban J connectivity index is 1.75. The van der Waals surface area contributed by atoms with Crippen LogP contribution in [-0.2, 0) is 11.2 Å². The van der Waals surface area contributed by atoms with Gasteiger partial charge in [0.25, 0.3) is 0 Å². The van der Waals surface area contributed by atoms with Crippen LogP contribution in [0.15, 0.2) is 11.2 Å². The van der Waals surface area contributed by atoms with Gasteiger partial charge in [0, 0.05) is 51.0 Å². The summed E-state index contributed by atoms with van der Waals surface area (Å²) in [6.07, 6.45) is 3.76. The molecule has 3 aromatic heterocycles. The molecule has 1 saturated carbocycles. The fourth-order valence-corrected chi connectivity index (χ4v) is 5.71. The number of thioether (sulfide) groups is 1. The fraction of sp³-hybridized carbons (Fsp3) is 0.476. The number of fused-ring (bicyclic) bond motifs is 4. The first-order valence-corrected chi connectivity index (χ1v) is 12.1. The van der Waals surface area contributed by atoms with Gasteiger partial charge in [0.15, 0.2) is 11.0 Å². The highest BCUT2D eigenvalue weighted by molar-refractivity contribution is 7.98. The number of rotatable bonds is 5. The molecule has 2 bridgehead atoms. The average Bonchev–Trinajstić information content (AvgIpc) is 3.47. The lowest BCUT2D eigenvalue weighted by Crippen LogP contribution is -2.42. The van der Waals surface area contributed by atoms with Crippen LogP contribution in [0.25, 0.3) is 21.9 Å². The maximum absolute atomic E-state index is 14.9. The molecule has 9 nitrogen and oxygen atoms in total. The SMILES string of the molecule is CSc1nc2c(F)c(Cl)ncc2c2c1nc(CCC(=O)N(C)C)n2C1C2CC1N(C(=O)O)C2. The normalized spacial score (nSPS) is 21.6. The largest absolute Gasteiger partial charge is 0.465 e. The van der Waals surface area contributed by atoms with E-state index in [1.165, 1.54) is 27.8 Å². The number of carboxylic acid groups (broad SMARTS) is 1. The van der Waals surface area contributed by atoms with E-state index < -0.39 is 11.9 Å². The average molecular weight is 493 g/mol. The van der Waals surface area contributed by atoms with Crippen LogP contribution in [0.1, 0.15) is 24.7 Å². The summed E-state index contributed by atoms with van der Waals surface area (Å²) in [5, 5.41) is 10.4. The highest BCUT2D eigenvalue weighted by Crippen LogP contribution is 2.52. The summed E-state index contributed by atoms with van der Waals surface area (Å²) in [7, 11) is 3.40. The van der Waals surface area contributed by atoms with Gasteiger partial charge in [0.2, 0.25) is 5.91 Å². The Labute approximate surface area is 197 Å². The van der Waals surface area contributed by atoms with Crippen LogP contribution in [0.2, 0.25) is 5.15 Å². The lowest BCUT2D eigenvalue weighted by molar-refractivity contribution is -0.128. The molecule has 2 saturated heterocycles. The maximum Gasteiger partial charge on any atom is 0.407 e. The number of hydrogen-bond donors (Lipinski definition) is 1. The Hall–Kier alpha value is -2.66. The lowest BCUT2D eigenvalue weighted by atomic mass is 9.79. The summed E-state index contributed by atoms with van der Waals surface area (Å²) >= 11 is 7.28. The molecular formula is C21H22ClFN6O3S. The van der Waals surface area contributed by atoms with Gasteiger partial charge in [-0.1, -0.05) is 11.6 Å². The van der Waals surface area contributed by atoms with E-state index in [-0.39, 0.29) is 41.0 Å². The minimum absolute atomic E-state index is 0.0371. The molecule has 5 heterocycles. The Kier molecular flexibility index (Phi) is 5.36. The number of halogens is 2. The second-order valence-electron chi connectivity index (χ2n) is 8.62. The predicted octanol–water partition coefficient (Wildman–Crippen LogP) is 3.44. The third kappa shape index (κ3) is 3.31. The minimum Gasteiger partial charge on any atom is -0.465 e. The van der Waals surface area contributed by atoms with Crippen LogP contribution in [0.3, 0.4) is 0 Å². The van der Waals surface area contributed by atoms with Crippen molar-refractivity contribution in [1.29, 1.82) is 0 Å². The topological polar surface area (TPSA) is 104 Å². The van der Waals surface area contributed by atoms with Crippen molar-refractivity contribution in [2.24, 2.45) is 5.92 Å². The zero-order chi connectivity index (χ0) is 23.6. The van der Waals surface area contributed by atoms with Crippen LogP contribution in [0, 0.1) is 11.7 Å². The van der Waals surface area contributed by atoms with Crippen molar-refractivity contribution in [1.82, 2.24) is 29.3 Å². The van der Waals surface area contributed by atoms with Gasteiger partial charge in [0.1, 0.15) is 21.9 Å². The smallest absolute Gasteiger partial charge is 0.407 e. The van der Waals surface area contributed by atoms with Crippen molar-refractivity contribution in [2.45, 2.75) is 36.4 Å². The van der Waals surface area contributed by atoms with Gasteiger partial charge in [-0.15, -0.1) is 11.8 Å². The first-order chi connectivity index (χ1) is 15.7. The number of imidazole rings is 1. The van der Waals surface area contributed by atoms with Gasteiger partial charge in [0.05, 0.1) is 17.6 Å². The second kappa shape index (κ2) is 7.98. The monoisotopic (exact) mass is 492 g/mol. The zero-order valence-corrected chi connectivity index (χ0v) is 19.8. The molecule has 2 amide bonds. The summed E-state index contributed by atoms with van der Waals surface area (Å²) in [6, 6.07) is -0.339. The standard InChI is InChI=1S/C21H22ClFN6O3S/c1-27(2)13(30)5-4-12-25-16-18(29(12)17-9-6-11(17)28(8-9)21(31)32)10-7-24-19(22)14(23)15(10)26-20(16)33-3/h7,9,11,17H,4-6,8H2,1-3H3,(H,31,32). The second-order valence-corrected chi connectivity index (χ2v) is 9.77.